The summed E-state index contributed by atoms with van der Waals surface area (Å²) in [6, 6.07) is 10.1. The summed E-state index contributed by atoms with van der Waals surface area (Å²) in [6.07, 6.45) is 4.62. The summed E-state index contributed by atoms with van der Waals surface area (Å²) in [5.41, 5.74) is 6.35. The van der Waals surface area contributed by atoms with Crippen molar-refractivity contribution in [3.8, 4) is 11.5 Å². The van der Waals surface area contributed by atoms with E-state index < -0.39 is 11.8 Å². The van der Waals surface area contributed by atoms with Gasteiger partial charge in [0, 0.05) is 12.2 Å². The highest BCUT2D eigenvalue weighted by molar-refractivity contribution is 6.07. The first-order valence-corrected chi connectivity index (χ1v) is 8.98. The third-order valence-corrected chi connectivity index (χ3v) is 4.26. The molecule has 9 heteroatoms. The molecule has 9 nitrogen and oxygen atoms in total. The van der Waals surface area contributed by atoms with Gasteiger partial charge >= 0.3 is 0 Å². The monoisotopic (exact) mass is 390 g/mol. The van der Waals surface area contributed by atoms with E-state index in [1.54, 1.807) is 47.3 Å². The summed E-state index contributed by atoms with van der Waals surface area (Å²) in [6.45, 7) is 3.95. The summed E-state index contributed by atoms with van der Waals surface area (Å²) in [4.78, 5) is 33.6. The number of hydrogen-bond acceptors (Lipinski definition) is 6. The molecule has 0 spiro atoms. The van der Waals surface area contributed by atoms with Crippen LogP contribution >= 0.6 is 0 Å². The van der Waals surface area contributed by atoms with E-state index in [0.29, 0.717) is 28.1 Å². The maximum atomic E-state index is 12.9. The molecule has 0 aliphatic carbocycles. The van der Waals surface area contributed by atoms with Crippen molar-refractivity contribution in [2.75, 3.05) is 0 Å². The number of carbonyl (C=O) groups is 2. The molecule has 146 valence electrons. The van der Waals surface area contributed by atoms with Gasteiger partial charge in [0.25, 0.3) is 11.8 Å². The van der Waals surface area contributed by atoms with Crippen LogP contribution in [0.15, 0.2) is 59.5 Å². The fraction of sp³-hybridized carbons (Fsp3) is 0.150. The van der Waals surface area contributed by atoms with E-state index in [0.717, 1.165) is 0 Å². The van der Waals surface area contributed by atoms with Crippen LogP contribution in [0.25, 0.3) is 22.5 Å². The molecule has 0 saturated heterocycles. The molecule has 4 aromatic heterocycles. The highest BCUT2D eigenvalue weighted by Gasteiger charge is 2.20. The lowest BCUT2D eigenvalue weighted by molar-refractivity contribution is 0.0845. The van der Waals surface area contributed by atoms with Gasteiger partial charge in [0.15, 0.2) is 11.4 Å². The zero-order chi connectivity index (χ0) is 20.4. The molecule has 0 saturated carbocycles. The third-order valence-electron chi connectivity index (χ3n) is 4.26. The average molecular weight is 390 g/mol. The number of amides is 2. The minimum absolute atomic E-state index is 0.0478. The van der Waals surface area contributed by atoms with Gasteiger partial charge in [-0.25, -0.2) is 9.67 Å². The average Bonchev–Trinajstić information content (AvgIpc) is 3.41. The quantitative estimate of drug-likeness (QED) is 0.518. The lowest BCUT2D eigenvalue weighted by Gasteiger charge is -2.10. The Hall–Kier alpha value is -4.01. The maximum absolute atomic E-state index is 12.9. The van der Waals surface area contributed by atoms with Gasteiger partial charge in [-0.3, -0.25) is 25.4 Å². The van der Waals surface area contributed by atoms with Crippen molar-refractivity contribution >= 4 is 22.8 Å². The second kappa shape index (κ2) is 7.55. The van der Waals surface area contributed by atoms with Crippen molar-refractivity contribution in [3.63, 3.8) is 0 Å². The Morgan fingerprint density at radius 2 is 1.93 bits per heavy atom. The number of rotatable bonds is 4. The number of aromatic nitrogens is 4. The van der Waals surface area contributed by atoms with Crippen LogP contribution in [0.5, 0.6) is 0 Å². The van der Waals surface area contributed by atoms with Crippen LogP contribution < -0.4 is 10.9 Å². The fourth-order valence-electron chi connectivity index (χ4n) is 2.88. The van der Waals surface area contributed by atoms with Crippen LogP contribution in [-0.2, 0) is 0 Å². The molecular formula is C20H18N6O3. The molecule has 4 aromatic rings. The number of hydrogen-bond donors (Lipinski definition) is 2. The molecule has 0 bridgehead atoms. The third kappa shape index (κ3) is 3.57. The van der Waals surface area contributed by atoms with Gasteiger partial charge in [0.1, 0.15) is 11.4 Å². The second-order valence-electron chi connectivity index (χ2n) is 6.58. The topological polar surface area (TPSA) is 115 Å². The number of hydrazine groups is 1. The first kappa shape index (κ1) is 18.4. The second-order valence-corrected chi connectivity index (χ2v) is 6.58. The SMILES string of the molecule is CC(C)n1ncc2c(C(=O)NNC(=O)c3ccccn3)cc(-c3ccco3)nc21. The molecule has 29 heavy (non-hydrogen) atoms. The molecule has 0 aliphatic heterocycles. The van der Waals surface area contributed by atoms with Crippen molar-refractivity contribution in [2.45, 2.75) is 19.9 Å². The zero-order valence-corrected chi connectivity index (χ0v) is 15.8. The van der Waals surface area contributed by atoms with E-state index in [1.165, 1.54) is 12.5 Å². The van der Waals surface area contributed by atoms with E-state index >= 15 is 0 Å². The lowest BCUT2D eigenvalue weighted by Crippen LogP contribution is -2.42. The molecule has 0 atom stereocenters. The van der Waals surface area contributed by atoms with Crippen LogP contribution in [-0.4, -0.2) is 31.6 Å². The van der Waals surface area contributed by atoms with Gasteiger partial charge in [0.05, 0.1) is 23.4 Å². The number of carbonyl (C=O) groups excluding carboxylic acids is 2. The summed E-state index contributed by atoms with van der Waals surface area (Å²) >= 11 is 0. The first-order chi connectivity index (χ1) is 14.0. The largest absolute Gasteiger partial charge is 0.463 e. The van der Waals surface area contributed by atoms with Gasteiger partial charge in [-0.1, -0.05) is 6.07 Å². The van der Waals surface area contributed by atoms with Gasteiger partial charge in [-0.05, 0) is 44.2 Å². The minimum atomic E-state index is -0.520. The van der Waals surface area contributed by atoms with E-state index in [1.807, 2.05) is 13.8 Å². The number of fused-ring (bicyclic) bond motifs is 1. The highest BCUT2D eigenvalue weighted by atomic mass is 16.3. The number of furan rings is 1. The summed E-state index contributed by atoms with van der Waals surface area (Å²) in [5, 5.41) is 4.92. The summed E-state index contributed by atoms with van der Waals surface area (Å²) in [5.74, 6) is -0.499. The molecule has 4 rings (SSSR count). The molecule has 0 radical (unpaired) electrons. The van der Waals surface area contributed by atoms with Crippen molar-refractivity contribution in [1.29, 1.82) is 0 Å². The Labute approximate surface area is 165 Å². The van der Waals surface area contributed by atoms with Crippen molar-refractivity contribution < 1.29 is 14.0 Å². The predicted molar refractivity (Wildman–Crippen MR) is 105 cm³/mol. The molecule has 2 amide bonds. The minimum Gasteiger partial charge on any atom is -0.463 e. The van der Waals surface area contributed by atoms with Crippen LogP contribution in [0.1, 0.15) is 40.7 Å². The van der Waals surface area contributed by atoms with Crippen LogP contribution in [0.3, 0.4) is 0 Å². The van der Waals surface area contributed by atoms with Gasteiger partial charge in [-0.2, -0.15) is 5.10 Å². The summed E-state index contributed by atoms with van der Waals surface area (Å²) in [7, 11) is 0. The Morgan fingerprint density at radius 1 is 1.10 bits per heavy atom. The number of pyridine rings is 2. The zero-order valence-electron chi connectivity index (χ0n) is 15.8. The molecule has 0 aliphatic rings. The first-order valence-electron chi connectivity index (χ1n) is 8.98. The molecule has 0 aromatic carbocycles. The highest BCUT2D eigenvalue weighted by Crippen LogP contribution is 2.26. The normalized spacial score (nSPS) is 11.0. The lowest BCUT2D eigenvalue weighted by atomic mass is 10.1. The van der Waals surface area contributed by atoms with Crippen molar-refractivity contribution in [3.05, 3.63) is 66.3 Å². The maximum Gasteiger partial charge on any atom is 0.288 e. The number of nitrogens with zero attached hydrogens (tertiary/aromatic N) is 4. The van der Waals surface area contributed by atoms with Crippen LogP contribution in [0.2, 0.25) is 0 Å². The predicted octanol–water partition coefficient (Wildman–Crippen LogP) is 2.74. The number of nitrogens with one attached hydrogen (secondary N) is 2. The van der Waals surface area contributed by atoms with E-state index in [2.05, 4.69) is 25.9 Å². The smallest absolute Gasteiger partial charge is 0.288 e. The molecular weight excluding hydrogens is 372 g/mol. The van der Waals surface area contributed by atoms with Gasteiger partial charge in [-0.15, -0.1) is 0 Å². The Balaban J connectivity index is 1.68. The van der Waals surface area contributed by atoms with E-state index in [4.69, 9.17) is 4.42 Å². The Kier molecular flexibility index (Phi) is 4.78. The Bertz CT molecular complexity index is 1170. The van der Waals surface area contributed by atoms with Crippen molar-refractivity contribution in [1.82, 2.24) is 30.6 Å². The van der Waals surface area contributed by atoms with Crippen LogP contribution in [0.4, 0.5) is 0 Å². The molecule has 4 heterocycles. The fourth-order valence-corrected chi connectivity index (χ4v) is 2.88. The standard InChI is InChI=1S/C20H18N6O3/c1-12(2)26-18-14(11-22-26)13(10-16(23-18)17-7-5-9-29-17)19(27)24-25-20(28)15-6-3-4-8-21-15/h3-12H,1-2H3,(H,24,27)(H,25,28). The van der Waals surface area contributed by atoms with Gasteiger partial charge in [0.2, 0.25) is 0 Å². The van der Waals surface area contributed by atoms with E-state index in [-0.39, 0.29) is 11.7 Å². The van der Waals surface area contributed by atoms with Crippen molar-refractivity contribution in [2.24, 2.45) is 0 Å². The molecule has 0 unspecified atom stereocenters. The molecule has 0 fully saturated rings. The van der Waals surface area contributed by atoms with E-state index in [9.17, 15) is 9.59 Å². The van der Waals surface area contributed by atoms with Gasteiger partial charge < -0.3 is 4.42 Å². The summed E-state index contributed by atoms with van der Waals surface area (Å²) < 4.78 is 7.16. The Morgan fingerprint density at radius 3 is 2.62 bits per heavy atom. The van der Waals surface area contributed by atoms with Crippen LogP contribution in [0, 0.1) is 0 Å². The molecule has 2 N–H and O–H groups in total.